The Balaban J connectivity index is 1.10. The maximum absolute atomic E-state index is 12.9. The van der Waals surface area contributed by atoms with Crippen molar-refractivity contribution in [3.05, 3.63) is 148 Å². The molecule has 6 nitrogen and oxygen atoms in total. The molecule has 0 radical (unpaired) electrons. The summed E-state index contributed by atoms with van der Waals surface area (Å²) in [5.74, 6) is -0.482. The van der Waals surface area contributed by atoms with E-state index in [0.717, 1.165) is 43.2 Å². The molecule has 50 heavy (non-hydrogen) atoms. The van der Waals surface area contributed by atoms with E-state index in [1.54, 1.807) is 0 Å². The van der Waals surface area contributed by atoms with Crippen LogP contribution in [0.2, 0.25) is 11.1 Å². The highest BCUT2D eigenvalue weighted by atomic mass is 127. The van der Waals surface area contributed by atoms with Gasteiger partial charge in [0.05, 0.1) is 10.2 Å². The molecule has 0 spiro atoms. The Kier molecular flexibility index (Phi) is 10.8. The number of nitrogens with one attached hydrogen (secondary N) is 1. The molecule has 1 amide bonds. The third-order valence-electron chi connectivity index (χ3n) is 9.92. The van der Waals surface area contributed by atoms with Crippen molar-refractivity contribution < 1.29 is 24.2 Å². The number of hydrogen-bond donors (Lipinski definition) is 2. The van der Waals surface area contributed by atoms with E-state index in [9.17, 15) is 14.7 Å². The normalized spacial score (nSPS) is 13.2. The zero-order valence-electron chi connectivity index (χ0n) is 28.6. The summed E-state index contributed by atoms with van der Waals surface area (Å²) in [5, 5.41) is 15.4. The summed E-state index contributed by atoms with van der Waals surface area (Å²) < 4.78 is 13.0. The average Bonchev–Trinajstić information content (AvgIpc) is 3.43. The number of carboxylic acid groups (broad SMARTS) is 1. The molecule has 8 heteroatoms. The van der Waals surface area contributed by atoms with Crippen LogP contribution in [0.5, 0.6) is 5.75 Å². The van der Waals surface area contributed by atoms with Gasteiger partial charge in [-0.1, -0.05) is 146 Å². The summed E-state index contributed by atoms with van der Waals surface area (Å²) >= 11 is 2.24. The summed E-state index contributed by atoms with van der Waals surface area (Å²) in [6.45, 7) is 7.68. The number of carbonyl (C=O) groups excluding carboxylic acids is 1. The van der Waals surface area contributed by atoms with Gasteiger partial charge in [0.25, 0.3) is 0 Å². The maximum Gasteiger partial charge on any atom is 0.407 e. The molecule has 2 N–H and O–H groups in total. The van der Waals surface area contributed by atoms with Crippen LogP contribution in [-0.2, 0) is 16.0 Å². The van der Waals surface area contributed by atoms with Crippen molar-refractivity contribution in [3.8, 4) is 16.9 Å². The Morgan fingerprint density at radius 3 is 1.86 bits per heavy atom. The van der Waals surface area contributed by atoms with Crippen molar-refractivity contribution in [2.45, 2.75) is 50.2 Å². The van der Waals surface area contributed by atoms with Crippen LogP contribution < -0.4 is 20.4 Å². The summed E-state index contributed by atoms with van der Waals surface area (Å²) in [4.78, 5) is 25.1. The first-order chi connectivity index (χ1) is 24.1. The van der Waals surface area contributed by atoms with E-state index in [2.05, 4.69) is 121 Å². The smallest absolute Gasteiger partial charge is 0.407 e. The number of benzene rings is 5. The Bertz CT molecular complexity index is 1880. The Hall–Kier alpha value is -4.41. The second-order valence-corrected chi connectivity index (χ2v) is 19.9. The van der Waals surface area contributed by atoms with Gasteiger partial charge in [0.1, 0.15) is 26.5 Å². The lowest BCUT2D eigenvalue weighted by Crippen LogP contribution is -2.64. The standard InChI is InChI=1S/C42H42INO5Si/c1-42(2,3)50(30-14-6-4-7-15-30,31-16-8-5-9-17-31)25-24-48-39-23-22-29(26-37(39)43)27-38(40(45)46)44-41(47)49-28-36-34-20-12-10-18-32(34)33-19-11-13-21-35(33)36/h4-23,26,36,38H,24-25,27-28H2,1-3H3,(H,44,47)(H,45,46). The lowest BCUT2D eigenvalue weighted by atomic mass is 9.98. The number of alkyl carbamates (subject to hydrolysis) is 1. The minimum Gasteiger partial charge on any atom is -0.493 e. The third-order valence-corrected chi connectivity index (χ3v) is 16.9. The summed E-state index contributed by atoms with van der Waals surface area (Å²) in [7, 11) is -2.28. The highest BCUT2D eigenvalue weighted by Gasteiger charge is 2.47. The first-order valence-corrected chi connectivity index (χ1v) is 20.2. The molecule has 1 aliphatic rings. The first-order valence-electron chi connectivity index (χ1n) is 16.9. The van der Waals surface area contributed by atoms with Crippen molar-refractivity contribution in [1.82, 2.24) is 5.32 Å². The molecule has 0 bridgehead atoms. The zero-order chi connectivity index (χ0) is 35.3. The molecule has 0 saturated heterocycles. The average molecular weight is 796 g/mol. The highest BCUT2D eigenvalue weighted by Crippen LogP contribution is 2.44. The molecule has 0 aromatic heterocycles. The molecule has 5 aromatic rings. The van der Waals surface area contributed by atoms with Crippen LogP contribution in [0.25, 0.3) is 11.1 Å². The van der Waals surface area contributed by atoms with E-state index in [1.807, 2.05) is 54.6 Å². The Labute approximate surface area is 309 Å². The molecule has 0 fully saturated rings. The Morgan fingerprint density at radius 2 is 1.34 bits per heavy atom. The summed E-state index contributed by atoms with van der Waals surface area (Å²) in [5.41, 5.74) is 5.23. The van der Waals surface area contributed by atoms with Crippen LogP contribution >= 0.6 is 22.6 Å². The van der Waals surface area contributed by atoms with Crippen LogP contribution in [-0.4, -0.2) is 44.5 Å². The van der Waals surface area contributed by atoms with Crippen molar-refractivity contribution in [2.75, 3.05) is 13.2 Å². The molecule has 1 atom stereocenters. The number of hydrogen-bond acceptors (Lipinski definition) is 4. The molecular weight excluding hydrogens is 753 g/mol. The van der Waals surface area contributed by atoms with E-state index in [-0.39, 0.29) is 24.0 Å². The molecule has 256 valence electrons. The molecule has 5 aromatic carbocycles. The molecule has 1 unspecified atom stereocenters. The van der Waals surface area contributed by atoms with Gasteiger partial charge in [0.15, 0.2) is 0 Å². The van der Waals surface area contributed by atoms with E-state index < -0.39 is 26.2 Å². The number of carbonyl (C=O) groups is 2. The number of aliphatic carboxylic acids is 1. The van der Waals surface area contributed by atoms with Crippen LogP contribution in [0, 0.1) is 3.57 Å². The van der Waals surface area contributed by atoms with E-state index in [0.29, 0.717) is 6.61 Å². The van der Waals surface area contributed by atoms with Gasteiger partial charge in [-0.05, 0) is 73.6 Å². The van der Waals surface area contributed by atoms with E-state index >= 15 is 0 Å². The molecule has 0 heterocycles. The molecule has 6 rings (SSSR count). The topological polar surface area (TPSA) is 84.9 Å². The van der Waals surface area contributed by atoms with Gasteiger partial charge >= 0.3 is 12.1 Å². The fraction of sp³-hybridized carbons (Fsp3) is 0.238. The van der Waals surface area contributed by atoms with Crippen molar-refractivity contribution in [2.24, 2.45) is 0 Å². The van der Waals surface area contributed by atoms with Gasteiger partial charge < -0.3 is 19.9 Å². The fourth-order valence-electron chi connectivity index (χ4n) is 7.46. The van der Waals surface area contributed by atoms with Gasteiger partial charge in [-0.15, -0.1) is 0 Å². The predicted molar refractivity (Wildman–Crippen MR) is 210 cm³/mol. The van der Waals surface area contributed by atoms with Crippen LogP contribution in [0.15, 0.2) is 127 Å². The van der Waals surface area contributed by atoms with Gasteiger partial charge in [0.2, 0.25) is 0 Å². The SMILES string of the molecule is CC(C)(C)[Si](CCOc1ccc(CC(NC(=O)OCC2c3ccccc3-c3ccccc32)C(=O)O)cc1I)(c1ccccc1)c1ccccc1. The van der Waals surface area contributed by atoms with Crippen LogP contribution in [0.3, 0.4) is 0 Å². The maximum atomic E-state index is 12.9. The summed E-state index contributed by atoms with van der Waals surface area (Å²) in [6.07, 6.45) is -0.644. The first kappa shape index (κ1) is 35.4. The van der Waals surface area contributed by atoms with Gasteiger partial charge in [-0.3, -0.25) is 0 Å². The zero-order valence-corrected chi connectivity index (χ0v) is 31.7. The Morgan fingerprint density at radius 1 is 0.800 bits per heavy atom. The van der Waals surface area contributed by atoms with Crippen molar-refractivity contribution >= 4 is 53.1 Å². The molecule has 0 saturated carbocycles. The van der Waals surface area contributed by atoms with Crippen LogP contribution in [0.4, 0.5) is 4.79 Å². The van der Waals surface area contributed by atoms with Gasteiger partial charge in [0, 0.05) is 12.3 Å². The minimum absolute atomic E-state index is 0.0299. The lowest BCUT2D eigenvalue weighted by molar-refractivity contribution is -0.139. The quantitative estimate of drug-likeness (QED) is 0.0982. The highest BCUT2D eigenvalue weighted by molar-refractivity contribution is 14.1. The molecular formula is C42H42INO5Si. The van der Waals surface area contributed by atoms with Crippen molar-refractivity contribution in [3.63, 3.8) is 0 Å². The van der Waals surface area contributed by atoms with Crippen molar-refractivity contribution in [1.29, 1.82) is 0 Å². The number of fused-ring (bicyclic) bond motifs is 3. The van der Waals surface area contributed by atoms with Gasteiger partial charge in [-0.2, -0.15) is 0 Å². The predicted octanol–water partition coefficient (Wildman–Crippen LogP) is 8.27. The number of rotatable bonds is 12. The number of carboxylic acids is 1. The molecule has 1 aliphatic carbocycles. The largest absolute Gasteiger partial charge is 0.493 e. The van der Waals surface area contributed by atoms with Crippen LogP contribution in [0.1, 0.15) is 43.4 Å². The lowest BCUT2D eigenvalue weighted by Gasteiger charge is -2.44. The minimum atomic E-state index is -2.28. The fourth-order valence-corrected chi connectivity index (χ4v) is 13.5. The number of ether oxygens (including phenoxy) is 2. The number of halogens is 1. The number of amides is 1. The second kappa shape index (κ2) is 15.2. The van der Waals surface area contributed by atoms with Gasteiger partial charge in [-0.25, -0.2) is 9.59 Å². The third kappa shape index (κ3) is 7.37. The summed E-state index contributed by atoms with van der Waals surface area (Å²) in [6, 6.07) is 43.3. The van der Waals surface area contributed by atoms with E-state index in [4.69, 9.17) is 9.47 Å². The van der Waals surface area contributed by atoms with E-state index in [1.165, 1.54) is 10.4 Å². The molecule has 0 aliphatic heterocycles. The monoisotopic (exact) mass is 795 g/mol. The second-order valence-electron chi connectivity index (χ2n) is 13.8.